The van der Waals surface area contributed by atoms with Crippen LogP contribution in [0.15, 0.2) is 52.1 Å². The third kappa shape index (κ3) is 4.41. The molecule has 1 aromatic carbocycles. The van der Waals surface area contributed by atoms with Crippen molar-refractivity contribution in [3.05, 3.63) is 59.8 Å². The fourth-order valence-corrected chi connectivity index (χ4v) is 2.90. The molecule has 26 heavy (non-hydrogen) atoms. The molecular weight excluding hydrogens is 335 g/mol. The largest absolute Gasteiger partial charge is 0.459 e. The van der Waals surface area contributed by atoms with Crippen molar-refractivity contribution in [1.82, 2.24) is 15.1 Å². The average molecular weight is 358 g/mol. The van der Waals surface area contributed by atoms with Crippen molar-refractivity contribution in [2.45, 2.75) is 13.5 Å². The van der Waals surface area contributed by atoms with E-state index in [1.54, 1.807) is 23.1 Å². The Kier molecular flexibility index (Phi) is 5.88. The van der Waals surface area contributed by atoms with Crippen LogP contribution in [0.5, 0.6) is 0 Å². The molecular formula is C19H23FN4O2. The van der Waals surface area contributed by atoms with Gasteiger partial charge in [-0.25, -0.2) is 9.38 Å². The molecule has 0 aliphatic carbocycles. The zero-order chi connectivity index (χ0) is 18.4. The van der Waals surface area contributed by atoms with E-state index in [1.807, 2.05) is 13.0 Å². The third-order valence-corrected chi connectivity index (χ3v) is 4.23. The Bertz CT molecular complexity index is 753. The minimum atomic E-state index is -0.257. The van der Waals surface area contributed by atoms with Gasteiger partial charge in [0.2, 0.25) is 0 Å². The molecule has 1 amide bonds. The second-order valence-corrected chi connectivity index (χ2v) is 6.06. The van der Waals surface area contributed by atoms with Crippen LogP contribution in [0, 0.1) is 5.82 Å². The van der Waals surface area contributed by atoms with Gasteiger partial charge in [0, 0.05) is 32.7 Å². The molecule has 1 aliphatic rings. The summed E-state index contributed by atoms with van der Waals surface area (Å²) in [6, 6.07) is 9.86. The standard InChI is InChI=1S/C19H23FN4O2/c1-2-21-19(22-14-15-5-3-6-16(20)13-15)24-10-8-23(9-11-24)18(25)17-7-4-12-26-17/h3-7,12-13H,2,8-11,14H2,1H3,(H,21,22). The van der Waals surface area contributed by atoms with Crippen molar-refractivity contribution in [2.24, 2.45) is 4.99 Å². The van der Waals surface area contributed by atoms with Crippen molar-refractivity contribution in [1.29, 1.82) is 0 Å². The maximum atomic E-state index is 13.3. The molecule has 138 valence electrons. The molecule has 2 aromatic rings. The average Bonchev–Trinajstić information content (AvgIpc) is 3.19. The third-order valence-electron chi connectivity index (χ3n) is 4.23. The van der Waals surface area contributed by atoms with Crippen LogP contribution in [0.4, 0.5) is 4.39 Å². The predicted octanol–water partition coefficient (Wildman–Crippen LogP) is 2.34. The molecule has 7 heteroatoms. The zero-order valence-corrected chi connectivity index (χ0v) is 14.8. The first-order valence-electron chi connectivity index (χ1n) is 8.78. The molecule has 1 aliphatic heterocycles. The maximum Gasteiger partial charge on any atom is 0.289 e. The lowest BCUT2D eigenvalue weighted by Crippen LogP contribution is -2.53. The summed E-state index contributed by atoms with van der Waals surface area (Å²) in [6.45, 7) is 5.73. The molecule has 0 unspecified atom stereocenters. The predicted molar refractivity (Wildman–Crippen MR) is 97.4 cm³/mol. The lowest BCUT2D eigenvalue weighted by molar-refractivity contribution is 0.0657. The van der Waals surface area contributed by atoms with Crippen molar-refractivity contribution in [2.75, 3.05) is 32.7 Å². The van der Waals surface area contributed by atoms with Crippen LogP contribution in [-0.4, -0.2) is 54.4 Å². The summed E-state index contributed by atoms with van der Waals surface area (Å²) >= 11 is 0. The first-order valence-corrected chi connectivity index (χ1v) is 8.78. The summed E-state index contributed by atoms with van der Waals surface area (Å²) in [7, 11) is 0. The van der Waals surface area contributed by atoms with E-state index in [0.29, 0.717) is 38.5 Å². The first kappa shape index (κ1) is 18.0. The van der Waals surface area contributed by atoms with Crippen LogP contribution in [0.25, 0.3) is 0 Å². The summed E-state index contributed by atoms with van der Waals surface area (Å²) in [5.41, 5.74) is 0.826. The lowest BCUT2D eigenvalue weighted by Gasteiger charge is -2.36. The Labute approximate surface area is 152 Å². The van der Waals surface area contributed by atoms with E-state index >= 15 is 0 Å². The van der Waals surface area contributed by atoms with Gasteiger partial charge in [0.1, 0.15) is 5.82 Å². The van der Waals surface area contributed by atoms with Crippen molar-refractivity contribution < 1.29 is 13.6 Å². The highest BCUT2D eigenvalue weighted by atomic mass is 19.1. The Morgan fingerprint density at radius 3 is 2.62 bits per heavy atom. The van der Waals surface area contributed by atoms with Crippen LogP contribution in [-0.2, 0) is 6.54 Å². The van der Waals surface area contributed by atoms with Gasteiger partial charge in [-0.05, 0) is 36.8 Å². The van der Waals surface area contributed by atoms with Gasteiger partial charge >= 0.3 is 0 Å². The topological polar surface area (TPSA) is 61.1 Å². The number of amides is 1. The Morgan fingerprint density at radius 2 is 1.96 bits per heavy atom. The fraction of sp³-hybridized carbons (Fsp3) is 0.368. The normalized spacial score (nSPS) is 15.2. The Balaban J connectivity index is 1.61. The number of hydrogen-bond acceptors (Lipinski definition) is 3. The van der Waals surface area contributed by atoms with Gasteiger partial charge in [-0.1, -0.05) is 12.1 Å². The second-order valence-electron chi connectivity index (χ2n) is 6.06. The highest BCUT2D eigenvalue weighted by Crippen LogP contribution is 2.10. The number of furan rings is 1. The highest BCUT2D eigenvalue weighted by Gasteiger charge is 2.25. The number of nitrogens with zero attached hydrogens (tertiary/aromatic N) is 3. The number of halogens is 1. The van der Waals surface area contributed by atoms with Gasteiger partial charge in [0.15, 0.2) is 11.7 Å². The molecule has 1 aromatic heterocycles. The quantitative estimate of drug-likeness (QED) is 0.673. The molecule has 0 saturated carbocycles. The van der Waals surface area contributed by atoms with Gasteiger partial charge in [-0.3, -0.25) is 4.79 Å². The molecule has 0 bridgehead atoms. The minimum Gasteiger partial charge on any atom is -0.459 e. The summed E-state index contributed by atoms with van der Waals surface area (Å²) in [5.74, 6) is 0.802. The fourth-order valence-electron chi connectivity index (χ4n) is 2.90. The number of nitrogens with one attached hydrogen (secondary N) is 1. The number of guanidine groups is 1. The van der Waals surface area contributed by atoms with E-state index in [9.17, 15) is 9.18 Å². The van der Waals surface area contributed by atoms with Crippen molar-refractivity contribution in [3.8, 4) is 0 Å². The molecule has 0 spiro atoms. The Hall–Kier alpha value is -2.83. The van der Waals surface area contributed by atoms with Crippen LogP contribution in [0.3, 0.4) is 0 Å². The van der Waals surface area contributed by atoms with E-state index in [4.69, 9.17) is 4.42 Å². The smallest absolute Gasteiger partial charge is 0.289 e. The second kappa shape index (κ2) is 8.51. The summed E-state index contributed by atoms with van der Waals surface area (Å²) in [4.78, 5) is 20.9. The molecule has 3 rings (SSSR count). The Morgan fingerprint density at radius 1 is 1.19 bits per heavy atom. The minimum absolute atomic E-state index is 0.0867. The summed E-state index contributed by atoms with van der Waals surface area (Å²) in [5, 5.41) is 3.27. The molecule has 1 saturated heterocycles. The van der Waals surface area contributed by atoms with Gasteiger partial charge in [-0.2, -0.15) is 0 Å². The van der Waals surface area contributed by atoms with Gasteiger partial charge in [0.05, 0.1) is 12.8 Å². The van der Waals surface area contributed by atoms with Gasteiger partial charge in [0.25, 0.3) is 5.91 Å². The first-order chi connectivity index (χ1) is 12.7. The molecule has 1 fully saturated rings. The van der Waals surface area contributed by atoms with Crippen LogP contribution in [0.1, 0.15) is 23.0 Å². The summed E-state index contributed by atoms with van der Waals surface area (Å²) in [6.07, 6.45) is 1.51. The zero-order valence-electron chi connectivity index (χ0n) is 14.8. The van der Waals surface area contributed by atoms with Crippen LogP contribution < -0.4 is 5.32 Å². The number of hydrogen-bond donors (Lipinski definition) is 1. The number of aliphatic imine (C=N–C) groups is 1. The monoisotopic (exact) mass is 358 g/mol. The van der Waals surface area contributed by atoms with E-state index in [1.165, 1.54) is 18.4 Å². The highest BCUT2D eigenvalue weighted by molar-refractivity contribution is 5.91. The number of rotatable bonds is 4. The SMILES string of the molecule is CCNC(=NCc1cccc(F)c1)N1CCN(C(=O)c2ccco2)CC1. The summed E-state index contributed by atoms with van der Waals surface area (Å²) < 4.78 is 18.5. The number of carbonyl (C=O) groups excluding carboxylic acids is 1. The number of piperazine rings is 1. The maximum absolute atomic E-state index is 13.3. The van der Waals surface area contributed by atoms with E-state index in [0.717, 1.165) is 18.1 Å². The van der Waals surface area contributed by atoms with E-state index < -0.39 is 0 Å². The van der Waals surface area contributed by atoms with Crippen LogP contribution in [0.2, 0.25) is 0 Å². The number of carbonyl (C=O) groups is 1. The van der Waals surface area contributed by atoms with Crippen LogP contribution >= 0.6 is 0 Å². The van der Waals surface area contributed by atoms with Gasteiger partial charge in [-0.15, -0.1) is 0 Å². The van der Waals surface area contributed by atoms with E-state index in [2.05, 4.69) is 15.2 Å². The van der Waals surface area contributed by atoms with E-state index in [-0.39, 0.29) is 11.7 Å². The molecule has 2 heterocycles. The lowest BCUT2D eigenvalue weighted by atomic mass is 10.2. The molecule has 0 atom stereocenters. The molecule has 6 nitrogen and oxygen atoms in total. The van der Waals surface area contributed by atoms with Crippen molar-refractivity contribution >= 4 is 11.9 Å². The molecule has 0 radical (unpaired) electrons. The molecule has 1 N–H and O–H groups in total. The van der Waals surface area contributed by atoms with Gasteiger partial charge < -0.3 is 19.5 Å². The number of benzene rings is 1. The van der Waals surface area contributed by atoms with Crippen molar-refractivity contribution in [3.63, 3.8) is 0 Å².